The Morgan fingerprint density at radius 1 is 1.15 bits per heavy atom. The van der Waals surface area contributed by atoms with E-state index in [0.717, 1.165) is 5.56 Å². The normalized spacial score (nSPS) is 11.9. The van der Waals surface area contributed by atoms with Crippen LogP contribution in [0.4, 0.5) is 11.4 Å². The van der Waals surface area contributed by atoms with Crippen molar-refractivity contribution >= 4 is 23.6 Å². The Labute approximate surface area is 150 Å². The standard InChI is InChI=1S/C19H19N3O4/c1-13(25)18(22-21-17-5-3-2-4-15(17)12-24)19(26)20-16-8-6-14(7-9-16)10-11-23/h2-9,12,23,25H,10-11H2,1H3,(H,20,26). The number of aldehydes is 1. The van der Waals surface area contributed by atoms with Crippen molar-refractivity contribution < 1.29 is 19.8 Å². The molecule has 0 aliphatic carbocycles. The first-order valence-electron chi connectivity index (χ1n) is 7.92. The average molecular weight is 353 g/mol. The summed E-state index contributed by atoms with van der Waals surface area (Å²) in [6.45, 7) is 1.37. The molecule has 0 aromatic heterocycles. The number of hydrogen-bond donors (Lipinski definition) is 3. The second-order valence-corrected chi connectivity index (χ2v) is 5.44. The van der Waals surface area contributed by atoms with Gasteiger partial charge in [-0.2, -0.15) is 0 Å². The molecular weight excluding hydrogens is 334 g/mol. The fourth-order valence-electron chi connectivity index (χ4n) is 2.14. The van der Waals surface area contributed by atoms with Crippen LogP contribution in [0.15, 0.2) is 70.2 Å². The lowest BCUT2D eigenvalue weighted by Gasteiger charge is -2.07. The molecule has 0 saturated carbocycles. The first kappa shape index (κ1) is 19.0. The van der Waals surface area contributed by atoms with Crippen LogP contribution in [0.1, 0.15) is 22.8 Å². The van der Waals surface area contributed by atoms with Gasteiger partial charge in [0.05, 0.1) is 5.69 Å². The number of nitrogens with zero attached hydrogens (tertiary/aromatic N) is 2. The molecule has 0 heterocycles. The summed E-state index contributed by atoms with van der Waals surface area (Å²) < 4.78 is 0. The predicted molar refractivity (Wildman–Crippen MR) is 97.5 cm³/mol. The van der Waals surface area contributed by atoms with Crippen LogP contribution in [0, 0.1) is 0 Å². The average Bonchev–Trinajstić information content (AvgIpc) is 2.64. The van der Waals surface area contributed by atoms with E-state index in [2.05, 4.69) is 15.5 Å². The van der Waals surface area contributed by atoms with Gasteiger partial charge in [-0.25, -0.2) is 0 Å². The van der Waals surface area contributed by atoms with Crippen molar-refractivity contribution in [3.8, 4) is 0 Å². The summed E-state index contributed by atoms with van der Waals surface area (Å²) in [7, 11) is 0. The van der Waals surface area contributed by atoms with Gasteiger partial charge in [0, 0.05) is 17.9 Å². The molecule has 0 aliphatic rings. The highest BCUT2D eigenvalue weighted by atomic mass is 16.3. The Balaban J connectivity index is 2.16. The molecule has 2 rings (SSSR count). The molecule has 0 atom stereocenters. The monoisotopic (exact) mass is 353 g/mol. The van der Waals surface area contributed by atoms with Gasteiger partial charge >= 0.3 is 0 Å². The molecule has 2 aromatic rings. The molecule has 3 N–H and O–H groups in total. The summed E-state index contributed by atoms with van der Waals surface area (Å²) in [5, 5.41) is 29.0. The van der Waals surface area contributed by atoms with E-state index in [1.807, 2.05) is 0 Å². The van der Waals surface area contributed by atoms with E-state index in [1.165, 1.54) is 6.92 Å². The molecular formula is C19H19N3O4. The maximum Gasteiger partial charge on any atom is 0.279 e. The van der Waals surface area contributed by atoms with Gasteiger partial charge in [-0.1, -0.05) is 24.3 Å². The second kappa shape index (κ2) is 9.24. The van der Waals surface area contributed by atoms with Crippen molar-refractivity contribution in [3.05, 3.63) is 71.1 Å². The van der Waals surface area contributed by atoms with Gasteiger partial charge in [0.1, 0.15) is 5.76 Å². The summed E-state index contributed by atoms with van der Waals surface area (Å²) in [4.78, 5) is 23.3. The van der Waals surface area contributed by atoms with E-state index in [0.29, 0.717) is 29.6 Å². The number of aliphatic hydroxyl groups excluding tert-OH is 2. The summed E-state index contributed by atoms with van der Waals surface area (Å²) in [6, 6.07) is 13.5. The molecule has 0 aliphatic heterocycles. The third-order valence-corrected chi connectivity index (χ3v) is 3.49. The molecule has 0 bridgehead atoms. The number of carbonyl (C=O) groups excluding carboxylic acids is 2. The molecule has 134 valence electrons. The van der Waals surface area contributed by atoms with Crippen LogP contribution in [0.2, 0.25) is 0 Å². The number of carbonyl (C=O) groups is 2. The Morgan fingerprint density at radius 2 is 1.85 bits per heavy atom. The highest BCUT2D eigenvalue weighted by molar-refractivity contribution is 6.03. The van der Waals surface area contributed by atoms with Crippen molar-refractivity contribution in [3.63, 3.8) is 0 Å². The van der Waals surface area contributed by atoms with Crippen LogP contribution in [0.3, 0.4) is 0 Å². The summed E-state index contributed by atoms with van der Waals surface area (Å²) in [6.07, 6.45) is 1.16. The number of nitrogens with one attached hydrogen (secondary N) is 1. The topological polar surface area (TPSA) is 111 Å². The molecule has 0 radical (unpaired) electrons. The van der Waals surface area contributed by atoms with Crippen LogP contribution < -0.4 is 5.32 Å². The van der Waals surface area contributed by atoms with E-state index < -0.39 is 5.91 Å². The molecule has 1 amide bonds. The smallest absolute Gasteiger partial charge is 0.279 e. The van der Waals surface area contributed by atoms with Crippen molar-refractivity contribution in [1.29, 1.82) is 0 Å². The number of allylic oxidation sites excluding steroid dienone is 1. The number of rotatable bonds is 7. The van der Waals surface area contributed by atoms with Crippen LogP contribution in [-0.4, -0.2) is 29.0 Å². The van der Waals surface area contributed by atoms with Gasteiger partial charge in [0.25, 0.3) is 5.91 Å². The van der Waals surface area contributed by atoms with E-state index in [4.69, 9.17) is 5.11 Å². The third kappa shape index (κ3) is 5.09. The molecule has 0 fully saturated rings. The first-order valence-corrected chi connectivity index (χ1v) is 7.92. The number of anilines is 1. The van der Waals surface area contributed by atoms with Crippen molar-refractivity contribution in [2.45, 2.75) is 13.3 Å². The summed E-state index contributed by atoms with van der Waals surface area (Å²) in [5.74, 6) is -0.932. The lowest BCUT2D eigenvalue weighted by atomic mass is 10.1. The highest BCUT2D eigenvalue weighted by Gasteiger charge is 2.13. The molecule has 2 aromatic carbocycles. The molecule has 0 unspecified atom stereocenters. The van der Waals surface area contributed by atoms with Crippen LogP contribution >= 0.6 is 0 Å². The van der Waals surface area contributed by atoms with Crippen LogP contribution in [0.25, 0.3) is 0 Å². The van der Waals surface area contributed by atoms with E-state index in [9.17, 15) is 14.7 Å². The first-order chi connectivity index (χ1) is 12.5. The lowest BCUT2D eigenvalue weighted by molar-refractivity contribution is -0.113. The highest BCUT2D eigenvalue weighted by Crippen LogP contribution is 2.20. The van der Waals surface area contributed by atoms with E-state index in [-0.39, 0.29) is 18.1 Å². The number of aliphatic hydroxyl groups is 2. The Kier molecular flexibility index (Phi) is 6.75. The number of hydrogen-bond acceptors (Lipinski definition) is 6. The minimum absolute atomic E-state index is 0.0466. The van der Waals surface area contributed by atoms with E-state index >= 15 is 0 Å². The van der Waals surface area contributed by atoms with Crippen LogP contribution in [-0.2, 0) is 11.2 Å². The van der Waals surface area contributed by atoms with Gasteiger partial charge < -0.3 is 15.5 Å². The van der Waals surface area contributed by atoms with E-state index in [1.54, 1.807) is 48.5 Å². The van der Waals surface area contributed by atoms with Gasteiger partial charge in [-0.05, 0) is 43.2 Å². The zero-order valence-electron chi connectivity index (χ0n) is 14.2. The number of amides is 1. The molecule has 7 heteroatoms. The Morgan fingerprint density at radius 3 is 2.46 bits per heavy atom. The zero-order chi connectivity index (χ0) is 18.9. The molecule has 26 heavy (non-hydrogen) atoms. The second-order valence-electron chi connectivity index (χ2n) is 5.44. The van der Waals surface area contributed by atoms with Gasteiger partial charge in [-0.3, -0.25) is 9.59 Å². The van der Waals surface area contributed by atoms with Crippen molar-refractivity contribution in [1.82, 2.24) is 0 Å². The Bertz CT molecular complexity index is 838. The van der Waals surface area contributed by atoms with Crippen molar-refractivity contribution in [2.75, 3.05) is 11.9 Å². The number of benzene rings is 2. The summed E-state index contributed by atoms with van der Waals surface area (Å²) in [5.41, 5.74) is 1.81. The quantitative estimate of drug-likeness (QED) is 0.306. The van der Waals surface area contributed by atoms with Crippen LogP contribution in [0.5, 0.6) is 0 Å². The third-order valence-electron chi connectivity index (χ3n) is 3.49. The maximum absolute atomic E-state index is 12.3. The number of azo groups is 1. The Hall–Kier alpha value is -3.32. The minimum Gasteiger partial charge on any atom is -0.510 e. The molecule has 7 nitrogen and oxygen atoms in total. The minimum atomic E-state index is -0.632. The fraction of sp³-hybridized carbons (Fsp3) is 0.158. The van der Waals surface area contributed by atoms with Crippen molar-refractivity contribution in [2.24, 2.45) is 10.2 Å². The maximum atomic E-state index is 12.3. The predicted octanol–water partition coefficient (Wildman–Crippen LogP) is 3.55. The zero-order valence-corrected chi connectivity index (χ0v) is 14.2. The van der Waals surface area contributed by atoms with Gasteiger partial charge in [-0.15, -0.1) is 10.2 Å². The summed E-state index contributed by atoms with van der Waals surface area (Å²) >= 11 is 0. The van der Waals surface area contributed by atoms with Gasteiger partial charge in [0.2, 0.25) is 0 Å². The van der Waals surface area contributed by atoms with Gasteiger partial charge in [0.15, 0.2) is 12.0 Å². The molecule has 0 spiro atoms. The molecule has 0 saturated heterocycles. The SMILES string of the molecule is CC(O)=C(N=Nc1ccccc1C=O)C(=O)Nc1ccc(CCO)cc1. The lowest BCUT2D eigenvalue weighted by Crippen LogP contribution is -2.14. The largest absolute Gasteiger partial charge is 0.510 e. The fourth-order valence-corrected chi connectivity index (χ4v) is 2.14.